The maximum atomic E-state index is 12.3. The molecule has 0 aliphatic rings. The molecule has 0 radical (unpaired) electrons. The lowest BCUT2D eigenvalue weighted by atomic mass is 10.2. The minimum atomic E-state index is -0.409. The summed E-state index contributed by atoms with van der Waals surface area (Å²) in [6.45, 7) is 2.23. The molecule has 7 heteroatoms. The molecule has 22 heavy (non-hydrogen) atoms. The Hall–Kier alpha value is -2.54. The number of amides is 1. The lowest BCUT2D eigenvalue weighted by Gasteiger charge is -2.05. The van der Waals surface area contributed by atoms with E-state index in [1.54, 1.807) is 6.20 Å². The molecule has 0 bridgehead atoms. The Balaban J connectivity index is 1.74. The fourth-order valence-electron chi connectivity index (χ4n) is 2.13. The highest BCUT2D eigenvalue weighted by Crippen LogP contribution is 2.10. The fourth-order valence-corrected chi connectivity index (χ4v) is 2.95. The Morgan fingerprint density at radius 3 is 3.00 bits per heavy atom. The number of aryl methyl sites for hydroxylation is 1. The quantitative estimate of drug-likeness (QED) is 0.790. The van der Waals surface area contributed by atoms with Gasteiger partial charge < -0.3 is 5.32 Å². The molecule has 3 heterocycles. The van der Waals surface area contributed by atoms with E-state index in [0.29, 0.717) is 17.9 Å². The van der Waals surface area contributed by atoms with Crippen molar-refractivity contribution in [1.29, 1.82) is 0 Å². The molecule has 1 amide bonds. The standard InChI is InChI=1S/C15H14N4O2S/c1-10-9-22-15-18-8-12(14(21)19(10)15)13(20)17-7-5-11-4-2-3-6-16-11/h2-4,6,8-9H,5,7H2,1H3,(H,17,20). The number of nitrogens with one attached hydrogen (secondary N) is 1. The van der Waals surface area contributed by atoms with Crippen molar-refractivity contribution >= 4 is 22.2 Å². The highest BCUT2D eigenvalue weighted by Gasteiger charge is 2.14. The molecular formula is C15H14N4O2S. The summed E-state index contributed by atoms with van der Waals surface area (Å²) >= 11 is 1.38. The van der Waals surface area contributed by atoms with Crippen LogP contribution < -0.4 is 10.9 Å². The zero-order valence-electron chi connectivity index (χ0n) is 11.9. The Labute approximate surface area is 130 Å². The second-order valence-electron chi connectivity index (χ2n) is 4.80. The van der Waals surface area contributed by atoms with Crippen molar-refractivity contribution < 1.29 is 4.79 Å². The van der Waals surface area contributed by atoms with Crippen molar-refractivity contribution in [2.75, 3.05) is 6.54 Å². The molecule has 0 fully saturated rings. The van der Waals surface area contributed by atoms with E-state index in [2.05, 4.69) is 15.3 Å². The van der Waals surface area contributed by atoms with Crippen molar-refractivity contribution in [3.8, 4) is 0 Å². The van der Waals surface area contributed by atoms with Gasteiger partial charge in [0, 0.05) is 42.1 Å². The van der Waals surface area contributed by atoms with E-state index in [-0.39, 0.29) is 11.1 Å². The summed E-state index contributed by atoms with van der Waals surface area (Å²) in [6.07, 6.45) is 3.66. The minimum Gasteiger partial charge on any atom is -0.351 e. The van der Waals surface area contributed by atoms with Crippen molar-refractivity contribution in [1.82, 2.24) is 19.7 Å². The molecule has 0 aliphatic carbocycles. The zero-order chi connectivity index (χ0) is 15.5. The van der Waals surface area contributed by atoms with Gasteiger partial charge in [-0.25, -0.2) is 4.98 Å². The van der Waals surface area contributed by atoms with Gasteiger partial charge >= 0.3 is 0 Å². The third-order valence-electron chi connectivity index (χ3n) is 3.25. The van der Waals surface area contributed by atoms with Gasteiger partial charge in [-0.2, -0.15) is 0 Å². The van der Waals surface area contributed by atoms with Crippen LogP contribution in [0.5, 0.6) is 0 Å². The van der Waals surface area contributed by atoms with Crippen molar-refractivity contribution in [2.45, 2.75) is 13.3 Å². The van der Waals surface area contributed by atoms with Crippen LogP contribution in [0.15, 0.2) is 40.8 Å². The maximum Gasteiger partial charge on any atom is 0.271 e. The molecule has 0 saturated carbocycles. The Bertz CT molecular complexity index is 870. The SMILES string of the molecule is Cc1csc2ncc(C(=O)NCCc3ccccn3)c(=O)n12. The first kappa shape index (κ1) is 14.4. The van der Waals surface area contributed by atoms with E-state index in [0.717, 1.165) is 11.4 Å². The van der Waals surface area contributed by atoms with Gasteiger partial charge in [0.1, 0.15) is 5.56 Å². The summed E-state index contributed by atoms with van der Waals surface area (Å²) in [6, 6.07) is 5.63. The maximum absolute atomic E-state index is 12.3. The molecule has 112 valence electrons. The van der Waals surface area contributed by atoms with Crippen LogP contribution in [0, 0.1) is 6.92 Å². The number of pyridine rings is 1. The zero-order valence-corrected chi connectivity index (χ0v) is 12.8. The second-order valence-corrected chi connectivity index (χ2v) is 5.64. The van der Waals surface area contributed by atoms with Gasteiger partial charge in [-0.3, -0.25) is 19.0 Å². The summed E-state index contributed by atoms with van der Waals surface area (Å²) in [4.78, 5) is 33.4. The largest absolute Gasteiger partial charge is 0.351 e. The van der Waals surface area contributed by atoms with Crippen LogP contribution in [-0.4, -0.2) is 26.8 Å². The lowest BCUT2D eigenvalue weighted by molar-refractivity contribution is 0.0952. The fraction of sp³-hybridized carbons (Fsp3) is 0.200. The molecule has 0 aliphatic heterocycles. The van der Waals surface area contributed by atoms with Crippen LogP contribution in [0.3, 0.4) is 0 Å². The van der Waals surface area contributed by atoms with Crippen molar-refractivity contribution in [3.63, 3.8) is 0 Å². The van der Waals surface area contributed by atoms with Crippen LogP contribution in [-0.2, 0) is 6.42 Å². The Kier molecular flexibility index (Phi) is 3.97. The van der Waals surface area contributed by atoms with Gasteiger partial charge in [-0.15, -0.1) is 11.3 Å². The lowest BCUT2D eigenvalue weighted by Crippen LogP contribution is -2.32. The molecule has 0 atom stereocenters. The van der Waals surface area contributed by atoms with Crippen LogP contribution in [0.2, 0.25) is 0 Å². The van der Waals surface area contributed by atoms with Crippen LogP contribution in [0.25, 0.3) is 4.96 Å². The topological polar surface area (TPSA) is 76.4 Å². The summed E-state index contributed by atoms with van der Waals surface area (Å²) in [7, 11) is 0. The van der Waals surface area contributed by atoms with E-state index in [4.69, 9.17) is 0 Å². The first-order chi connectivity index (χ1) is 10.7. The smallest absolute Gasteiger partial charge is 0.271 e. The molecule has 0 aromatic carbocycles. The first-order valence-electron chi connectivity index (χ1n) is 6.81. The predicted octanol–water partition coefficient (Wildman–Crippen LogP) is 1.43. The van der Waals surface area contributed by atoms with Gasteiger partial charge in [-0.1, -0.05) is 6.07 Å². The molecular weight excluding hydrogens is 300 g/mol. The number of carbonyl (C=O) groups is 1. The third kappa shape index (κ3) is 2.75. The van der Waals surface area contributed by atoms with E-state index in [9.17, 15) is 9.59 Å². The number of fused-ring (bicyclic) bond motifs is 1. The molecule has 3 rings (SSSR count). The molecule has 1 N–H and O–H groups in total. The number of nitrogens with zero attached hydrogens (tertiary/aromatic N) is 3. The molecule has 0 unspecified atom stereocenters. The molecule has 0 spiro atoms. The summed E-state index contributed by atoms with van der Waals surface area (Å²) in [5, 5.41) is 4.58. The number of hydrogen-bond donors (Lipinski definition) is 1. The van der Waals surface area contributed by atoms with E-state index in [1.807, 2.05) is 30.5 Å². The van der Waals surface area contributed by atoms with Crippen LogP contribution in [0.1, 0.15) is 21.7 Å². The number of rotatable bonds is 4. The number of hydrogen-bond acceptors (Lipinski definition) is 5. The van der Waals surface area contributed by atoms with E-state index in [1.165, 1.54) is 21.9 Å². The van der Waals surface area contributed by atoms with Gasteiger partial charge in [0.15, 0.2) is 4.96 Å². The van der Waals surface area contributed by atoms with E-state index >= 15 is 0 Å². The van der Waals surface area contributed by atoms with Gasteiger partial charge in [-0.05, 0) is 19.1 Å². The van der Waals surface area contributed by atoms with Crippen LogP contribution in [0.4, 0.5) is 0 Å². The Morgan fingerprint density at radius 1 is 1.36 bits per heavy atom. The minimum absolute atomic E-state index is 0.0556. The highest BCUT2D eigenvalue weighted by molar-refractivity contribution is 7.15. The Morgan fingerprint density at radius 2 is 2.23 bits per heavy atom. The summed E-state index contributed by atoms with van der Waals surface area (Å²) < 4.78 is 1.46. The van der Waals surface area contributed by atoms with Crippen molar-refractivity contribution in [2.24, 2.45) is 0 Å². The van der Waals surface area contributed by atoms with E-state index < -0.39 is 5.91 Å². The number of thiazole rings is 1. The third-order valence-corrected chi connectivity index (χ3v) is 4.21. The normalized spacial score (nSPS) is 10.8. The van der Waals surface area contributed by atoms with Gasteiger partial charge in [0.2, 0.25) is 0 Å². The summed E-state index contributed by atoms with van der Waals surface area (Å²) in [5.74, 6) is -0.409. The van der Waals surface area contributed by atoms with Gasteiger partial charge in [0.25, 0.3) is 11.5 Å². The highest BCUT2D eigenvalue weighted by atomic mass is 32.1. The van der Waals surface area contributed by atoms with Gasteiger partial charge in [0.05, 0.1) is 0 Å². The molecule has 3 aromatic rings. The second kappa shape index (κ2) is 6.07. The average Bonchev–Trinajstić information content (AvgIpc) is 2.91. The number of aromatic nitrogens is 3. The van der Waals surface area contributed by atoms with Crippen molar-refractivity contribution in [3.05, 3.63) is 63.3 Å². The molecule has 3 aromatic heterocycles. The van der Waals surface area contributed by atoms with Crippen LogP contribution >= 0.6 is 11.3 Å². The molecule has 0 saturated heterocycles. The predicted molar refractivity (Wildman–Crippen MR) is 84.4 cm³/mol. The monoisotopic (exact) mass is 314 g/mol. The average molecular weight is 314 g/mol. The number of carbonyl (C=O) groups excluding carboxylic acids is 1. The summed E-state index contributed by atoms with van der Waals surface area (Å²) in [5.41, 5.74) is 1.39. The molecule has 6 nitrogen and oxygen atoms in total. The first-order valence-corrected chi connectivity index (χ1v) is 7.69.